The molecule has 2 atom stereocenters. The smallest absolute Gasteiger partial charge is 0.411 e. The Morgan fingerprint density at radius 2 is 1.85 bits per heavy atom. The van der Waals surface area contributed by atoms with Crippen molar-refractivity contribution < 1.29 is 22.4 Å². The maximum absolute atomic E-state index is 13.3. The van der Waals surface area contributed by atoms with E-state index in [-0.39, 0.29) is 35.2 Å². The van der Waals surface area contributed by atoms with Gasteiger partial charge in [0.2, 0.25) is 5.91 Å². The maximum Gasteiger partial charge on any atom is 0.417 e. The van der Waals surface area contributed by atoms with E-state index in [0.717, 1.165) is 12.1 Å². The first-order valence-corrected chi connectivity index (χ1v) is 11.7. The molecule has 1 aromatic carbocycles. The molecule has 1 saturated heterocycles. The number of nitriles is 1. The molecule has 1 fully saturated rings. The summed E-state index contributed by atoms with van der Waals surface area (Å²) in [5.74, 6) is -0.274. The fourth-order valence-electron chi connectivity index (χ4n) is 2.92. The molecule has 1 aliphatic heterocycles. The monoisotopic (exact) mass is 398 g/mol. The lowest BCUT2D eigenvalue weighted by molar-refractivity contribution is -0.137. The Hall–Kier alpha value is -1.85. The zero-order valence-corrected chi connectivity index (χ0v) is 17.4. The first kappa shape index (κ1) is 21.4. The van der Waals surface area contributed by atoms with Gasteiger partial charge in [0.05, 0.1) is 35.8 Å². The Morgan fingerprint density at radius 1 is 1.26 bits per heavy atom. The normalized spacial score (nSPS) is 21.5. The zero-order chi connectivity index (χ0) is 20.8. The van der Waals surface area contributed by atoms with Crippen LogP contribution < -0.4 is 4.90 Å². The van der Waals surface area contributed by atoms with E-state index < -0.39 is 25.6 Å². The zero-order valence-electron chi connectivity index (χ0n) is 16.4. The lowest BCUT2D eigenvalue weighted by Crippen LogP contribution is -2.47. The van der Waals surface area contributed by atoms with Crippen molar-refractivity contribution in [2.45, 2.75) is 70.6 Å². The van der Waals surface area contributed by atoms with E-state index in [1.165, 1.54) is 11.0 Å². The predicted molar refractivity (Wildman–Crippen MR) is 99.8 cm³/mol. The van der Waals surface area contributed by atoms with Crippen molar-refractivity contribution in [2.24, 2.45) is 0 Å². The van der Waals surface area contributed by atoms with E-state index in [9.17, 15) is 18.0 Å². The molecule has 1 aromatic rings. The van der Waals surface area contributed by atoms with Crippen LogP contribution in [0, 0.1) is 11.3 Å². The molecule has 1 heterocycles. The number of halogens is 3. The van der Waals surface area contributed by atoms with E-state index in [0.29, 0.717) is 0 Å². The van der Waals surface area contributed by atoms with Crippen LogP contribution in [0.15, 0.2) is 18.2 Å². The maximum atomic E-state index is 13.3. The topological polar surface area (TPSA) is 53.3 Å². The van der Waals surface area contributed by atoms with Crippen LogP contribution >= 0.6 is 0 Å². The van der Waals surface area contributed by atoms with Crippen molar-refractivity contribution >= 4 is 19.9 Å². The summed E-state index contributed by atoms with van der Waals surface area (Å²) in [7, 11) is -2.13. The van der Waals surface area contributed by atoms with E-state index in [1.54, 1.807) is 13.0 Å². The highest BCUT2D eigenvalue weighted by atomic mass is 28.4. The Balaban J connectivity index is 2.36. The number of carbonyl (C=O) groups excluding carboxylic acids is 1. The van der Waals surface area contributed by atoms with Crippen LogP contribution in [0.5, 0.6) is 0 Å². The minimum absolute atomic E-state index is 0.0406. The van der Waals surface area contributed by atoms with Crippen LogP contribution in [0.25, 0.3) is 0 Å². The molecule has 2 unspecified atom stereocenters. The third-order valence-corrected chi connectivity index (χ3v) is 10.1. The van der Waals surface area contributed by atoms with Crippen molar-refractivity contribution in [2.75, 3.05) is 4.90 Å². The van der Waals surface area contributed by atoms with Gasteiger partial charge in [0, 0.05) is 5.69 Å². The molecule has 0 bridgehead atoms. The highest BCUT2D eigenvalue weighted by Crippen LogP contribution is 2.41. The highest BCUT2D eigenvalue weighted by Gasteiger charge is 2.46. The molecule has 0 aliphatic carbocycles. The molecule has 1 amide bonds. The summed E-state index contributed by atoms with van der Waals surface area (Å²) in [4.78, 5) is 13.9. The van der Waals surface area contributed by atoms with Gasteiger partial charge in [-0.25, -0.2) is 0 Å². The number of nitrogens with zero attached hydrogens (tertiary/aromatic N) is 2. The second-order valence-corrected chi connectivity index (χ2v) is 13.2. The molecular weight excluding hydrogens is 373 g/mol. The van der Waals surface area contributed by atoms with Crippen LogP contribution in [-0.2, 0) is 15.4 Å². The summed E-state index contributed by atoms with van der Waals surface area (Å²) >= 11 is 0. The second-order valence-electron chi connectivity index (χ2n) is 8.46. The Labute approximate surface area is 159 Å². The number of hydrogen-bond donors (Lipinski definition) is 0. The van der Waals surface area contributed by atoms with Gasteiger partial charge < -0.3 is 9.33 Å². The van der Waals surface area contributed by atoms with Gasteiger partial charge in [-0.2, -0.15) is 18.4 Å². The molecule has 27 heavy (non-hydrogen) atoms. The molecule has 2 rings (SSSR count). The van der Waals surface area contributed by atoms with Crippen LogP contribution in [0.3, 0.4) is 0 Å². The highest BCUT2D eigenvalue weighted by molar-refractivity contribution is 6.74. The Kier molecular flexibility index (Phi) is 5.52. The largest absolute Gasteiger partial charge is 0.417 e. The van der Waals surface area contributed by atoms with Gasteiger partial charge in [0.25, 0.3) is 0 Å². The van der Waals surface area contributed by atoms with E-state index in [4.69, 9.17) is 9.69 Å². The number of benzene rings is 1. The molecule has 0 radical (unpaired) electrons. The summed E-state index contributed by atoms with van der Waals surface area (Å²) < 4.78 is 46.1. The van der Waals surface area contributed by atoms with Crippen LogP contribution in [0.2, 0.25) is 18.1 Å². The van der Waals surface area contributed by atoms with Crippen molar-refractivity contribution in [1.29, 1.82) is 5.26 Å². The van der Waals surface area contributed by atoms with Crippen LogP contribution in [-0.4, -0.2) is 26.4 Å². The average molecular weight is 399 g/mol. The van der Waals surface area contributed by atoms with Gasteiger partial charge >= 0.3 is 6.18 Å². The standard InChI is InChI=1S/C19H25F3N2O2Si/c1-12-16(26-27(5,6)18(2,3)4)10-17(25)24(12)14-8-7-13(11-23)15(9-14)19(20,21)22/h7-9,12,16H,10H2,1-6H3. The summed E-state index contributed by atoms with van der Waals surface area (Å²) in [6, 6.07) is 4.54. The lowest BCUT2D eigenvalue weighted by Gasteiger charge is -2.39. The fraction of sp³-hybridized carbons (Fsp3) is 0.579. The summed E-state index contributed by atoms with van der Waals surface area (Å²) in [5, 5.41) is 8.90. The number of anilines is 1. The molecule has 1 aliphatic rings. The van der Waals surface area contributed by atoms with Gasteiger partial charge in [-0.05, 0) is 43.3 Å². The minimum Gasteiger partial charge on any atom is -0.411 e. The van der Waals surface area contributed by atoms with Gasteiger partial charge in [0.15, 0.2) is 8.32 Å². The van der Waals surface area contributed by atoms with Crippen molar-refractivity contribution in [3.05, 3.63) is 29.3 Å². The summed E-state index contributed by atoms with van der Waals surface area (Å²) in [5.41, 5.74) is -1.35. The van der Waals surface area contributed by atoms with Gasteiger partial charge in [-0.15, -0.1) is 0 Å². The van der Waals surface area contributed by atoms with E-state index >= 15 is 0 Å². The summed E-state index contributed by atoms with van der Waals surface area (Å²) in [6.07, 6.45) is -4.90. The van der Waals surface area contributed by atoms with Gasteiger partial charge in [-0.1, -0.05) is 20.8 Å². The number of alkyl halides is 3. The lowest BCUT2D eigenvalue weighted by atomic mass is 10.1. The third kappa shape index (κ3) is 4.19. The molecular formula is C19H25F3N2O2Si. The molecule has 0 N–H and O–H groups in total. The van der Waals surface area contributed by atoms with Gasteiger partial charge in [0.1, 0.15) is 0 Å². The van der Waals surface area contributed by atoms with Crippen molar-refractivity contribution in [3.8, 4) is 6.07 Å². The van der Waals surface area contributed by atoms with E-state index in [1.807, 2.05) is 0 Å². The summed E-state index contributed by atoms with van der Waals surface area (Å²) in [6.45, 7) is 12.2. The SMILES string of the molecule is CC1C(O[Si](C)(C)C(C)(C)C)CC(=O)N1c1ccc(C#N)c(C(F)(F)F)c1. The quantitative estimate of drug-likeness (QED) is 0.666. The number of carbonyl (C=O) groups is 1. The number of rotatable bonds is 3. The molecule has 8 heteroatoms. The minimum atomic E-state index is -4.66. The average Bonchev–Trinajstić information content (AvgIpc) is 2.78. The van der Waals surface area contributed by atoms with Crippen molar-refractivity contribution in [1.82, 2.24) is 0 Å². The second kappa shape index (κ2) is 6.95. The Bertz CT molecular complexity index is 779. The molecule has 4 nitrogen and oxygen atoms in total. The number of amides is 1. The number of hydrogen-bond acceptors (Lipinski definition) is 3. The van der Waals surface area contributed by atoms with E-state index in [2.05, 4.69) is 33.9 Å². The van der Waals surface area contributed by atoms with Crippen molar-refractivity contribution in [3.63, 3.8) is 0 Å². The molecule has 148 valence electrons. The predicted octanol–water partition coefficient (Wildman–Crippen LogP) is 5.09. The molecule has 0 aromatic heterocycles. The third-order valence-electron chi connectivity index (χ3n) is 5.55. The Morgan fingerprint density at radius 3 is 2.33 bits per heavy atom. The van der Waals surface area contributed by atoms with Crippen LogP contribution in [0.4, 0.5) is 18.9 Å². The first-order chi connectivity index (χ1) is 12.2. The first-order valence-electron chi connectivity index (χ1n) is 8.80. The molecule has 0 spiro atoms. The van der Waals surface area contributed by atoms with Crippen LogP contribution in [0.1, 0.15) is 45.2 Å². The fourth-order valence-corrected chi connectivity index (χ4v) is 4.31. The van der Waals surface area contributed by atoms with Gasteiger partial charge in [-0.3, -0.25) is 4.79 Å². The molecule has 0 saturated carbocycles.